The van der Waals surface area contributed by atoms with Crippen LogP contribution in [-0.4, -0.2) is 40.7 Å². The molecule has 0 aliphatic rings. The van der Waals surface area contributed by atoms with Gasteiger partial charge in [-0.25, -0.2) is 0 Å². The van der Waals surface area contributed by atoms with Crippen molar-refractivity contribution in [3.05, 3.63) is 0 Å². The summed E-state index contributed by atoms with van der Waals surface area (Å²) < 4.78 is 0. The molecule has 0 aromatic carbocycles. The van der Waals surface area contributed by atoms with E-state index in [9.17, 15) is 15.3 Å². The van der Waals surface area contributed by atoms with Crippen LogP contribution in [-0.2, 0) is 0 Å². The van der Waals surface area contributed by atoms with Crippen LogP contribution >= 0.6 is 0 Å². The Morgan fingerprint density at radius 1 is 0.438 bits per heavy atom. The van der Waals surface area contributed by atoms with Crippen LogP contribution < -0.4 is 15.3 Å². The molecule has 0 atom stereocenters. The predicted molar refractivity (Wildman–Crippen MR) is 65.0 cm³/mol. The molecule has 0 heterocycles. The van der Waals surface area contributed by atoms with Crippen LogP contribution in [0.5, 0.6) is 0 Å². The van der Waals surface area contributed by atoms with Gasteiger partial charge in [0, 0.05) is 0 Å². The SMILES string of the molecule is CC(C)(C)[O-].CC(C)(C)[O-].CC(C)(C)[O-].[Sn+3]. The first-order chi connectivity index (χ1) is 6.00. The van der Waals surface area contributed by atoms with Crippen molar-refractivity contribution in [2.24, 2.45) is 0 Å². The van der Waals surface area contributed by atoms with E-state index < -0.39 is 16.8 Å². The van der Waals surface area contributed by atoms with Crippen molar-refractivity contribution >= 4 is 23.9 Å². The molecule has 97 valence electrons. The fourth-order valence-corrected chi connectivity index (χ4v) is 0. The molecule has 0 aliphatic heterocycles. The van der Waals surface area contributed by atoms with E-state index in [-0.39, 0.29) is 23.9 Å². The van der Waals surface area contributed by atoms with E-state index in [0.717, 1.165) is 0 Å². The Hall–Kier alpha value is 0.679. The van der Waals surface area contributed by atoms with Crippen LogP contribution in [0.1, 0.15) is 62.3 Å². The van der Waals surface area contributed by atoms with Crippen LogP contribution in [0.3, 0.4) is 0 Å². The van der Waals surface area contributed by atoms with E-state index >= 15 is 0 Å². The van der Waals surface area contributed by atoms with E-state index in [0.29, 0.717) is 0 Å². The Labute approximate surface area is 118 Å². The molecule has 0 saturated carbocycles. The summed E-state index contributed by atoms with van der Waals surface area (Å²) in [5, 5.41) is 30.3. The molecule has 0 aliphatic carbocycles. The Kier molecular flexibility index (Phi) is 15.4. The van der Waals surface area contributed by atoms with Crippen molar-refractivity contribution in [1.29, 1.82) is 0 Å². The van der Waals surface area contributed by atoms with E-state index in [2.05, 4.69) is 0 Å². The van der Waals surface area contributed by atoms with Crippen molar-refractivity contribution in [2.45, 2.75) is 79.1 Å². The first-order valence-corrected chi connectivity index (χ1v) is 5.11. The van der Waals surface area contributed by atoms with E-state index in [1.807, 2.05) is 0 Å². The summed E-state index contributed by atoms with van der Waals surface area (Å²) in [5.74, 6) is 0. The van der Waals surface area contributed by atoms with Crippen molar-refractivity contribution < 1.29 is 15.3 Å². The molecule has 0 spiro atoms. The van der Waals surface area contributed by atoms with Crippen LogP contribution in [0.2, 0.25) is 0 Å². The summed E-state index contributed by atoms with van der Waals surface area (Å²) in [6, 6.07) is 0. The maximum atomic E-state index is 10.1. The van der Waals surface area contributed by atoms with Crippen molar-refractivity contribution in [3.63, 3.8) is 0 Å². The summed E-state index contributed by atoms with van der Waals surface area (Å²) >= 11 is 0. The third-order valence-corrected chi connectivity index (χ3v) is 0. The minimum atomic E-state index is -0.750. The smallest absolute Gasteiger partial charge is 0.850 e. The van der Waals surface area contributed by atoms with Gasteiger partial charge in [0.1, 0.15) is 0 Å². The maximum absolute atomic E-state index is 10.1. The quantitative estimate of drug-likeness (QED) is 0.587. The van der Waals surface area contributed by atoms with Gasteiger partial charge in [0.05, 0.1) is 0 Å². The number of rotatable bonds is 0. The molecule has 0 saturated heterocycles. The van der Waals surface area contributed by atoms with Gasteiger partial charge >= 0.3 is 23.9 Å². The zero-order chi connectivity index (χ0) is 13.5. The largest absolute Gasteiger partial charge is 3.00 e. The molecule has 0 N–H and O–H groups in total. The van der Waals surface area contributed by atoms with E-state index in [4.69, 9.17) is 0 Å². The fraction of sp³-hybridized carbons (Fsp3) is 1.00. The molecule has 0 aromatic rings. The molecule has 3 nitrogen and oxygen atoms in total. The normalized spacial score (nSPS) is 11.2. The third-order valence-electron chi connectivity index (χ3n) is 0. The summed E-state index contributed by atoms with van der Waals surface area (Å²) in [5.41, 5.74) is -2.25. The summed E-state index contributed by atoms with van der Waals surface area (Å²) in [6.45, 7) is 14.7. The molecular weight excluding hydrogens is 311 g/mol. The molecular formula is C12H27O3Sn. The zero-order valence-electron chi connectivity index (χ0n) is 12.2. The Morgan fingerprint density at radius 2 is 0.438 bits per heavy atom. The Morgan fingerprint density at radius 3 is 0.438 bits per heavy atom. The van der Waals surface area contributed by atoms with Crippen molar-refractivity contribution in [3.8, 4) is 0 Å². The molecule has 0 unspecified atom stereocenters. The predicted octanol–water partition coefficient (Wildman–Crippen LogP) is 0.0548. The van der Waals surface area contributed by atoms with Gasteiger partial charge < -0.3 is 15.3 Å². The molecule has 4 heteroatoms. The topological polar surface area (TPSA) is 69.2 Å². The van der Waals surface area contributed by atoms with Crippen molar-refractivity contribution in [1.82, 2.24) is 0 Å². The average Bonchev–Trinajstić information content (AvgIpc) is 1.41. The Bertz CT molecular complexity index is 91.3. The molecule has 0 bridgehead atoms. The molecule has 1 radical (unpaired) electrons. The monoisotopic (exact) mass is 339 g/mol. The van der Waals surface area contributed by atoms with Gasteiger partial charge in [0.25, 0.3) is 0 Å². The van der Waals surface area contributed by atoms with Gasteiger partial charge in [-0.1, -0.05) is 62.3 Å². The molecule has 0 rings (SSSR count). The second kappa shape index (κ2) is 9.68. The van der Waals surface area contributed by atoms with Crippen LogP contribution in [0.15, 0.2) is 0 Å². The molecule has 0 fully saturated rings. The average molecular weight is 338 g/mol. The zero-order valence-corrected chi connectivity index (χ0v) is 15.1. The minimum absolute atomic E-state index is 0. The van der Waals surface area contributed by atoms with Crippen LogP contribution in [0, 0.1) is 0 Å². The van der Waals surface area contributed by atoms with Gasteiger partial charge in [0.15, 0.2) is 0 Å². The molecule has 0 aromatic heterocycles. The number of hydrogen-bond donors (Lipinski definition) is 0. The summed E-state index contributed by atoms with van der Waals surface area (Å²) in [4.78, 5) is 0. The van der Waals surface area contributed by atoms with Gasteiger partial charge in [-0.3, -0.25) is 0 Å². The summed E-state index contributed by atoms with van der Waals surface area (Å²) in [7, 11) is 0. The standard InChI is InChI=1S/3C4H9O.Sn/c3*1-4(2,3)5;/h3*1-3H3;/q3*-1;+3. The van der Waals surface area contributed by atoms with E-state index in [1.54, 1.807) is 62.3 Å². The minimum Gasteiger partial charge on any atom is -0.850 e. The second-order valence-electron chi connectivity index (χ2n) is 6.34. The maximum Gasteiger partial charge on any atom is 3.00 e. The van der Waals surface area contributed by atoms with Gasteiger partial charge in [-0.05, 0) is 0 Å². The van der Waals surface area contributed by atoms with Gasteiger partial charge in [-0.2, -0.15) is 0 Å². The summed E-state index contributed by atoms with van der Waals surface area (Å²) in [6.07, 6.45) is 0. The first kappa shape index (κ1) is 25.5. The molecule has 16 heavy (non-hydrogen) atoms. The Balaban J connectivity index is -0.0000000655. The first-order valence-electron chi connectivity index (χ1n) is 5.11. The van der Waals surface area contributed by atoms with Gasteiger partial charge in [0.2, 0.25) is 0 Å². The second-order valence-corrected chi connectivity index (χ2v) is 6.34. The fourth-order valence-electron chi connectivity index (χ4n) is 0. The van der Waals surface area contributed by atoms with E-state index in [1.165, 1.54) is 0 Å². The van der Waals surface area contributed by atoms with Crippen LogP contribution in [0.4, 0.5) is 0 Å². The van der Waals surface area contributed by atoms with Crippen LogP contribution in [0.25, 0.3) is 0 Å². The van der Waals surface area contributed by atoms with Crippen molar-refractivity contribution in [2.75, 3.05) is 0 Å². The third kappa shape index (κ3) is 5960. The van der Waals surface area contributed by atoms with Gasteiger partial charge in [-0.15, -0.1) is 16.8 Å². The molecule has 0 amide bonds. The number of hydrogen-bond acceptors (Lipinski definition) is 3.